The van der Waals surface area contributed by atoms with Crippen LogP contribution in [0, 0.1) is 5.82 Å². The number of amides is 1. The third kappa shape index (κ3) is 6.18. The lowest BCUT2D eigenvalue weighted by atomic mass is 10.1. The van der Waals surface area contributed by atoms with E-state index in [4.69, 9.17) is 4.74 Å². The average Bonchev–Trinajstić information content (AvgIpc) is 2.74. The third-order valence-electron chi connectivity index (χ3n) is 5.41. The molecule has 3 rings (SSSR count). The molecule has 7 heteroatoms. The van der Waals surface area contributed by atoms with Crippen LogP contribution in [-0.4, -0.2) is 69.6 Å². The summed E-state index contributed by atoms with van der Waals surface area (Å²) < 4.78 is 18.9. The molecule has 1 heterocycles. The highest BCUT2D eigenvalue weighted by atomic mass is 19.1. The maximum atomic E-state index is 13.6. The van der Waals surface area contributed by atoms with Crippen molar-refractivity contribution in [1.29, 1.82) is 0 Å². The van der Waals surface area contributed by atoms with Crippen molar-refractivity contribution in [2.24, 2.45) is 0 Å². The Hall–Kier alpha value is -2.64. The van der Waals surface area contributed by atoms with Gasteiger partial charge < -0.3 is 15.0 Å². The molecule has 162 valence electrons. The highest BCUT2D eigenvalue weighted by Crippen LogP contribution is 2.21. The van der Waals surface area contributed by atoms with Gasteiger partial charge in [0.2, 0.25) is 5.91 Å². The molecule has 1 saturated heterocycles. The number of ether oxygens (including phenoxy) is 1. The fourth-order valence-corrected chi connectivity index (χ4v) is 3.59. The van der Waals surface area contributed by atoms with Crippen molar-refractivity contribution in [3.63, 3.8) is 0 Å². The van der Waals surface area contributed by atoms with Gasteiger partial charge in [-0.25, -0.2) is 4.39 Å². The quantitative estimate of drug-likeness (QED) is 0.719. The third-order valence-corrected chi connectivity index (χ3v) is 5.41. The Labute approximate surface area is 178 Å². The maximum absolute atomic E-state index is 13.6. The van der Waals surface area contributed by atoms with Crippen molar-refractivity contribution >= 4 is 11.6 Å². The molecule has 1 aliphatic heterocycles. The van der Waals surface area contributed by atoms with Crippen LogP contribution in [0.15, 0.2) is 42.5 Å². The zero-order valence-electron chi connectivity index (χ0n) is 18.0. The molecule has 0 spiro atoms. The Morgan fingerprint density at radius 3 is 2.37 bits per heavy atom. The van der Waals surface area contributed by atoms with Crippen molar-refractivity contribution in [2.75, 3.05) is 58.8 Å². The highest BCUT2D eigenvalue weighted by molar-refractivity contribution is 5.78. The van der Waals surface area contributed by atoms with E-state index in [0.717, 1.165) is 43.0 Å². The fraction of sp³-hybridized carbons (Fsp3) is 0.435. The van der Waals surface area contributed by atoms with Crippen LogP contribution in [-0.2, 0) is 17.9 Å². The van der Waals surface area contributed by atoms with Gasteiger partial charge in [-0.2, -0.15) is 0 Å². The van der Waals surface area contributed by atoms with Gasteiger partial charge in [0.25, 0.3) is 0 Å². The first kappa shape index (κ1) is 22.1. The number of halogens is 1. The minimum absolute atomic E-state index is 0.0342. The number of carbonyl (C=O) groups excluding carboxylic acids is 1. The molecule has 2 aromatic carbocycles. The van der Waals surface area contributed by atoms with Crippen molar-refractivity contribution < 1.29 is 13.9 Å². The first-order valence-corrected chi connectivity index (χ1v) is 10.2. The largest absolute Gasteiger partial charge is 0.496 e. The summed E-state index contributed by atoms with van der Waals surface area (Å²) >= 11 is 0. The Morgan fingerprint density at radius 2 is 1.73 bits per heavy atom. The van der Waals surface area contributed by atoms with Gasteiger partial charge in [0.05, 0.1) is 13.7 Å². The summed E-state index contributed by atoms with van der Waals surface area (Å²) in [7, 11) is 5.61. The smallest absolute Gasteiger partial charge is 0.234 e. The molecule has 0 aromatic heterocycles. The standard InChI is InChI=1S/C23H31FN4O2/c1-26(2)21-7-4-18(5-8-21)15-25-23(29)17-28-12-10-27(11-13-28)16-19-14-20(24)6-9-22(19)30-3/h4-9,14H,10-13,15-17H2,1-3H3,(H,25,29). The normalized spacial score (nSPS) is 15.1. The molecule has 0 aliphatic carbocycles. The Balaban J connectivity index is 1.41. The molecular weight excluding hydrogens is 383 g/mol. The van der Waals surface area contributed by atoms with Crippen LogP contribution < -0.4 is 15.0 Å². The van der Waals surface area contributed by atoms with Gasteiger partial charge in [-0.3, -0.25) is 14.6 Å². The molecule has 0 unspecified atom stereocenters. The minimum atomic E-state index is -0.252. The summed E-state index contributed by atoms with van der Waals surface area (Å²) in [5, 5.41) is 3.00. The predicted molar refractivity (Wildman–Crippen MR) is 117 cm³/mol. The number of nitrogens with zero attached hydrogens (tertiary/aromatic N) is 3. The van der Waals surface area contributed by atoms with Gasteiger partial charge in [0.15, 0.2) is 0 Å². The molecule has 1 N–H and O–H groups in total. The molecule has 0 bridgehead atoms. The lowest BCUT2D eigenvalue weighted by Crippen LogP contribution is -2.49. The van der Waals surface area contributed by atoms with Crippen molar-refractivity contribution in [2.45, 2.75) is 13.1 Å². The van der Waals surface area contributed by atoms with Gasteiger partial charge in [-0.1, -0.05) is 12.1 Å². The lowest BCUT2D eigenvalue weighted by Gasteiger charge is -2.34. The maximum Gasteiger partial charge on any atom is 0.234 e. The topological polar surface area (TPSA) is 48.1 Å². The minimum Gasteiger partial charge on any atom is -0.496 e. The van der Waals surface area contributed by atoms with Crippen molar-refractivity contribution in [1.82, 2.24) is 15.1 Å². The molecule has 0 radical (unpaired) electrons. The lowest BCUT2D eigenvalue weighted by molar-refractivity contribution is -0.122. The number of rotatable bonds is 8. The van der Waals surface area contributed by atoms with E-state index in [2.05, 4.69) is 15.1 Å². The number of anilines is 1. The van der Waals surface area contributed by atoms with E-state index in [9.17, 15) is 9.18 Å². The van der Waals surface area contributed by atoms with Gasteiger partial charge >= 0.3 is 0 Å². The SMILES string of the molecule is COc1ccc(F)cc1CN1CCN(CC(=O)NCc2ccc(N(C)C)cc2)CC1. The highest BCUT2D eigenvalue weighted by Gasteiger charge is 2.20. The first-order valence-electron chi connectivity index (χ1n) is 10.2. The van der Waals surface area contributed by atoms with Crippen molar-refractivity contribution in [3.8, 4) is 5.75 Å². The Kier molecular flexibility index (Phi) is 7.65. The molecular formula is C23H31FN4O2. The van der Waals surface area contributed by atoms with Gasteiger partial charge in [0.1, 0.15) is 11.6 Å². The second-order valence-corrected chi connectivity index (χ2v) is 7.85. The number of hydrogen-bond donors (Lipinski definition) is 1. The van der Waals surface area contributed by atoms with Crippen molar-refractivity contribution in [3.05, 3.63) is 59.4 Å². The van der Waals surface area contributed by atoms with Crippen LogP contribution in [0.2, 0.25) is 0 Å². The van der Waals surface area contributed by atoms with E-state index in [1.807, 2.05) is 43.3 Å². The summed E-state index contributed by atoms with van der Waals surface area (Å²) in [4.78, 5) is 18.8. The van der Waals surface area contributed by atoms with E-state index in [-0.39, 0.29) is 11.7 Å². The monoisotopic (exact) mass is 414 g/mol. The molecule has 6 nitrogen and oxygen atoms in total. The summed E-state index contributed by atoms with van der Waals surface area (Å²) in [6.45, 7) is 4.85. The fourth-order valence-electron chi connectivity index (χ4n) is 3.59. The number of carbonyl (C=O) groups is 1. The van der Waals surface area contributed by atoms with E-state index < -0.39 is 0 Å². The molecule has 0 atom stereocenters. The summed E-state index contributed by atoms with van der Waals surface area (Å²) in [6.07, 6.45) is 0. The number of benzene rings is 2. The van der Waals surface area contributed by atoms with Crippen LogP contribution in [0.1, 0.15) is 11.1 Å². The number of piperazine rings is 1. The van der Waals surface area contributed by atoms with Crippen LogP contribution in [0.5, 0.6) is 5.75 Å². The van der Waals surface area contributed by atoms with Crippen LogP contribution in [0.25, 0.3) is 0 Å². The van der Waals surface area contributed by atoms with E-state index in [0.29, 0.717) is 25.4 Å². The Bertz CT molecular complexity index is 834. The second kappa shape index (κ2) is 10.4. The Morgan fingerprint density at radius 1 is 1.07 bits per heavy atom. The molecule has 30 heavy (non-hydrogen) atoms. The van der Waals surface area contributed by atoms with E-state index in [1.54, 1.807) is 13.2 Å². The van der Waals surface area contributed by atoms with Crippen LogP contribution >= 0.6 is 0 Å². The predicted octanol–water partition coefficient (Wildman–Crippen LogP) is 2.33. The molecule has 1 amide bonds. The van der Waals surface area contributed by atoms with Gasteiger partial charge in [-0.15, -0.1) is 0 Å². The summed E-state index contributed by atoms with van der Waals surface area (Å²) in [6, 6.07) is 12.8. The van der Waals surface area contributed by atoms with Crippen LogP contribution in [0.3, 0.4) is 0 Å². The first-order chi connectivity index (χ1) is 14.4. The number of methoxy groups -OCH3 is 1. The molecule has 2 aromatic rings. The second-order valence-electron chi connectivity index (χ2n) is 7.85. The zero-order valence-corrected chi connectivity index (χ0v) is 18.0. The summed E-state index contributed by atoms with van der Waals surface area (Å²) in [5.74, 6) is 0.487. The molecule has 0 saturated carbocycles. The molecule has 1 aliphatic rings. The summed E-state index contributed by atoms with van der Waals surface area (Å²) in [5.41, 5.74) is 3.07. The van der Waals surface area contributed by atoms with Crippen LogP contribution in [0.4, 0.5) is 10.1 Å². The van der Waals surface area contributed by atoms with Gasteiger partial charge in [0, 0.05) is 64.6 Å². The average molecular weight is 415 g/mol. The zero-order chi connectivity index (χ0) is 21.5. The van der Waals surface area contributed by atoms with Gasteiger partial charge in [-0.05, 0) is 35.9 Å². The van der Waals surface area contributed by atoms with E-state index in [1.165, 1.54) is 12.1 Å². The number of hydrogen-bond acceptors (Lipinski definition) is 5. The number of nitrogens with one attached hydrogen (secondary N) is 1. The molecule has 1 fully saturated rings. The van der Waals surface area contributed by atoms with E-state index >= 15 is 0 Å².